The van der Waals surface area contributed by atoms with Crippen LogP contribution in [-0.2, 0) is 4.79 Å². The van der Waals surface area contributed by atoms with Gasteiger partial charge in [-0.1, -0.05) is 29.0 Å². The number of anilines is 2. The number of piperidine rings is 1. The van der Waals surface area contributed by atoms with Gasteiger partial charge in [0.1, 0.15) is 0 Å². The normalized spacial score (nSPS) is 17.3. The minimum absolute atomic E-state index is 0.0380. The third-order valence-corrected chi connectivity index (χ3v) is 5.61. The molecular weight excluding hydrogens is 346 g/mol. The van der Waals surface area contributed by atoms with E-state index >= 15 is 0 Å². The van der Waals surface area contributed by atoms with E-state index in [-0.39, 0.29) is 11.8 Å². The van der Waals surface area contributed by atoms with Gasteiger partial charge in [0.05, 0.1) is 5.92 Å². The Bertz CT molecular complexity index is 872. The number of amides is 1. The van der Waals surface area contributed by atoms with E-state index in [0.29, 0.717) is 6.54 Å². The van der Waals surface area contributed by atoms with Crippen LogP contribution in [0.3, 0.4) is 0 Å². The molecule has 0 spiro atoms. The number of carbonyl (C=O) groups is 1. The minimum Gasteiger partial charge on any atom is -0.346 e. The van der Waals surface area contributed by atoms with Gasteiger partial charge in [0, 0.05) is 31.2 Å². The van der Waals surface area contributed by atoms with Crippen LogP contribution in [0.5, 0.6) is 0 Å². The number of aromatic nitrogens is 3. The van der Waals surface area contributed by atoms with Gasteiger partial charge < -0.3 is 10.2 Å². The Kier molecular flexibility index (Phi) is 4.71. The van der Waals surface area contributed by atoms with Crippen LogP contribution in [0.15, 0.2) is 48.8 Å². The lowest BCUT2D eigenvalue weighted by Gasteiger charge is -2.31. The zero-order valence-corrected chi connectivity index (χ0v) is 15.4. The van der Waals surface area contributed by atoms with Crippen molar-refractivity contribution >= 4 is 28.1 Å². The molecule has 0 saturated carbocycles. The van der Waals surface area contributed by atoms with Crippen LogP contribution in [0.4, 0.5) is 10.8 Å². The topological polar surface area (TPSA) is 63.1 Å². The van der Waals surface area contributed by atoms with E-state index in [9.17, 15) is 4.79 Å². The molecule has 1 N–H and O–H groups in total. The molecule has 1 amide bonds. The molecule has 7 heteroatoms. The Hall–Kier alpha value is -2.67. The molecule has 3 heterocycles. The second-order valence-electron chi connectivity index (χ2n) is 6.60. The molecule has 6 nitrogen and oxygen atoms in total. The van der Waals surface area contributed by atoms with E-state index in [0.717, 1.165) is 35.3 Å². The smallest absolute Gasteiger partial charge is 0.229 e. The summed E-state index contributed by atoms with van der Waals surface area (Å²) in [6.07, 6.45) is 5.79. The van der Waals surface area contributed by atoms with Gasteiger partial charge >= 0.3 is 0 Å². The summed E-state index contributed by atoms with van der Waals surface area (Å²) in [5.74, 6) is 0.0395. The molecule has 0 aliphatic carbocycles. The first kappa shape index (κ1) is 16.8. The van der Waals surface area contributed by atoms with Gasteiger partial charge in [-0.2, -0.15) is 0 Å². The van der Waals surface area contributed by atoms with E-state index in [1.165, 1.54) is 5.56 Å². The van der Waals surface area contributed by atoms with Crippen LogP contribution in [0.1, 0.15) is 18.4 Å². The second kappa shape index (κ2) is 7.29. The Labute approximate surface area is 156 Å². The SMILES string of the molecule is Cc1ccc(NC(=O)C2CCCN(c3nnc(-n4cccc4)s3)C2)cc1. The predicted octanol–water partition coefficient (Wildman–Crippen LogP) is 3.49. The van der Waals surface area contributed by atoms with E-state index in [2.05, 4.69) is 20.4 Å². The molecule has 1 saturated heterocycles. The molecule has 1 unspecified atom stereocenters. The highest BCUT2D eigenvalue weighted by molar-refractivity contribution is 7.17. The summed E-state index contributed by atoms with van der Waals surface area (Å²) in [6, 6.07) is 11.8. The fourth-order valence-corrected chi connectivity index (χ4v) is 4.00. The first-order valence-electron chi connectivity index (χ1n) is 8.78. The molecule has 1 aliphatic heterocycles. The van der Waals surface area contributed by atoms with Crippen LogP contribution in [0.25, 0.3) is 5.13 Å². The molecule has 1 aromatic carbocycles. The molecule has 1 aliphatic rings. The fourth-order valence-electron chi connectivity index (χ4n) is 3.15. The van der Waals surface area contributed by atoms with Crippen molar-refractivity contribution < 1.29 is 4.79 Å². The van der Waals surface area contributed by atoms with Gasteiger partial charge in [-0.05, 0) is 44.0 Å². The van der Waals surface area contributed by atoms with Crippen molar-refractivity contribution in [2.24, 2.45) is 5.92 Å². The number of rotatable bonds is 4. The number of nitrogens with zero attached hydrogens (tertiary/aromatic N) is 4. The van der Waals surface area contributed by atoms with Crippen molar-refractivity contribution in [3.8, 4) is 5.13 Å². The summed E-state index contributed by atoms with van der Waals surface area (Å²) in [5.41, 5.74) is 2.03. The third kappa shape index (κ3) is 3.62. The molecule has 2 aromatic heterocycles. The van der Waals surface area contributed by atoms with E-state index in [1.54, 1.807) is 11.3 Å². The molecule has 3 aromatic rings. The lowest BCUT2D eigenvalue weighted by Crippen LogP contribution is -2.40. The number of aryl methyl sites for hydroxylation is 1. The minimum atomic E-state index is -0.0380. The molecule has 1 atom stereocenters. The number of nitrogens with one attached hydrogen (secondary N) is 1. The van der Waals surface area contributed by atoms with Crippen molar-refractivity contribution in [2.75, 3.05) is 23.3 Å². The van der Waals surface area contributed by atoms with Crippen molar-refractivity contribution in [3.63, 3.8) is 0 Å². The lowest BCUT2D eigenvalue weighted by molar-refractivity contribution is -0.120. The van der Waals surface area contributed by atoms with Crippen molar-refractivity contribution in [2.45, 2.75) is 19.8 Å². The largest absolute Gasteiger partial charge is 0.346 e. The van der Waals surface area contributed by atoms with Crippen LogP contribution >= 0.6 is 11.3 Å². The van der Waals surface area contributed by atoms with Gasteiger partial charge in [-0.15, -0.1) is 10.2 Å². The molecule has 1 fully saturated rings. The Morgan fingerprint density at radius 3 is 2.65 bits per heavy atom. The highest BCUT2D eigenvalue weighted by Crippen LogP contribution is 2.28. The first-order chi connectivity index (χ1) is 12.7. The Balaban J connectivity index is 1.42. The monoisotopic (exact) mass is 367 g/mol. The number of benzene rings is 1. The molecule has 134 valence electrons. The maximum absolute atomic E-state index is 12.6. The third-order valence-electron chi connectivity index (χ3n) is 4.61. The quantitative estimate of drug-likeness (QED) is 0.767. The summed E-state index contributed by atoms with van der Waals surface area (Å²) >= 11 is 1.55. The van der Waals surface area contributed by atoms with E-state index in [1.807, 2.05) is 60.3 Å². The van der Waals surface area contributed by atoms with Crippen molar-refractivity contribution in [3.05, 3.63) is 54.4 Å². The fraction of sp³-hybridized carbons (Fsp3) is 0.316. The van der Waals surface area contributed by atoms with Crippen molar-refractivity contribution in [1.29, 1.82) is 0 Å². The van der Waals surface area contributed by atoms with Crippen LogP contribution in [0.2, 0.25) is 0 Å². The Morgan fingerprint density at radius 1 is 1.15 bits per heavy atom. The average molecular weight is 367 g/mol. The number of hydrogen-bond acceptors (Lipinski definition) is 5. The molecule has 0 bridgehead atoms. The average Bonchev–Trinajstić information content (AvgIpc) is 3.35. The van der Waals surface area contributed by atoms with E-state index < -0.39 is 0 Å². The number of hydrogen-bond donors (Lipinski definition) is 1. The standard InChI is InChI=1S/C19H21N5OS/c1-14-6-8-16(9-7-14)20-17(25)15-5-4-12-24(13-15)19-22-21-18(26-19)23-10-2-3-11-23/h2-3,6-11,15H,4-5,12-13H2,1H3,(H,20,25). The van der Waals surface area contributed by atoms with Gasteiger partial charge in [-0.25, -0.2) is 0 Å². The van der Waals surface area contributed by atoms with Gasteiger partial charge in [0.2, 0.25) is 16.2 Å². The summed E-state index contributed by atoms with van der Waals surface area (Å²) in [7, 11) is 0. The molecular formula is C19H21N5OS. The lowest BCUT2D eigenvalue weighted by atomic mass is 9.97. The Morgan fingerprint density at radius 2 is 1.88 bits per heavy atom. The second-order valence-corrected chi connectivity index (χ2v) is 7.53. The van der Waals surface area contributed by atoms with Gasteiger partial charge in [-0.3, -0.25) is 9.36 Å². The summed E-state index contributed by atoms with van der Waals surface area (Å²) in [6.45, 7) is 3.63. The summed E-state index contributed by atoms with van der Waals surface area (Å²) < 4.78 is 1.95. The highest BCUT2D eigenvalue weighted by Gasteiger charge is 2.27. The molecule has 0 radical (unpaired) electrons. The van der Waals surface area contributed by atoms with Crippen molar-refractivity contribution in [1.82, 2.24) is 14.8 Å². The van der Waals surface area contributed by atoms with E-state index in [4.69, 9.17) is 0 Å². The first-order valence-corrected chi connectivity index (χ1v) is 9.60. The van der Waals surface area contributed by atoms with Gasteiger partial charge in [0.25, 0.3) is 0 Å². The van der Waals surface area contributed by atoms with Crippen LogP contribution in [-0.4, -0.2) is 33.8 Å². The number of carbonyl (C=O) groups excluding carboxylic acids is 1. The van der Waals surface area contributed by atoms with Crippen LogP contribution < -0.4 is 10.2 Å². The zero-order chi connectivity index (χ0) is 17.9. The predicted molar refractivity (Wildman–Crippen MR) is 104 cm³/mol. The molecule has 4 rings (SSSR count). The maximum atomic E-state index is 12.6. The summed E-state index contributed by atoms with van der Waals surface area (Å²) in [4.78, 5) is 14.8. The van der Waals surface area contributed by atoms with Gasteiger partial charge in [0.15, 0.2) is 0 Å². The summed E-state index contributed by atoms with van der Waals surface area (Å²) in [5, 5.41) is 13.4. The zero-order valence-electron chi connectivity index (χ0n) is 14.6. The highest BCUT2D eigenvalue weighted by atomic mass is 32.1. The maximum Gasteiger partial charge on any atom is 0.229 e. The molecule has 26 heavy (non-hydrogen) atoms. The van der Waals surface area contributed by atoms with Crippen LogP contribution in [0, 0.1) is 12.8 Å².